The van der Waals surface area contributed by atoms with Gasteiger partial charge in [0.1, 0.15) is 6.20 Å². The predicted octanol–water partition coefficient (Wildman–Crippen LogP) is 4.85. The van der Waals surface area contributed by atoms with Gasteiger partial charge in [-0.25, -0.2) is 4.98 Å². The van der Waals surface area contributed by atoms with E-state index in [9.17, 15) is 23.3 Å². The summed E-state index contributed by atoms with van der Waals surface area (Å²) in [5.41, 5.74) is 3.24. The molecule has 1 aromatic heterocycles. The van der Waals surface area contributed by atoms with E-state index in [1.54, 1.807) is 17.0 Å². The monoisotopic (exact) mass is 492 g/mol. The molecular weight excluding hydrogens is 469 g/mol. The molecule has 0 spiro atoms. The quantitative estimate of drug-likeness (QED) is 0.257. The third-order valence-electron chi connectivity index (χ3n) is 4.72. The maximum Gasteiger partial charge on any atom is 0.446 e. The van der Waals surface area contributed by atoms with Crippen LogP contribution in [-0.4, -0.2) is 39.4 Å². The van der Waals surface area contributed by atoms with Crippen molar-refractivity contribution in [1.29, 1.82) is 0 Å². The molecule has 2 N–H and O–H groups in total. The average molecular weight is 493 g/mol. The standard InChI is InChI=1S/C22H23F3N6O2S/c1-29(2)12-15-7-9-16(10-8-15)13-30(21-27-11-18(31(32)33)20(26)28-21)14-17-5-3-4-6-19(17)34-22(23,24)25/h3-11H,12-14H2,1-2H3,(H2,26,27,28). The number of anilines is 2. The summed E-state index contributed by atoms with van der Waals surface area (Å²) in [5.74, 6) is -0.244. The van der Waals surface area contributed by atoms with Gasteiger partial charge in [0, 0.05) is 24.5 Å². The van der Waals surface area contributed by atoms with E-state index in [0.29, 0.717) is 5.56 Å². The predicted molar refractivity (Wildman–Crippen MR) is 125 cm³/mol. The van der Waals surface area contributed by atoms with Crippen LogP contribution in [0.5, 0.6) is 0 Å². The molecule has 0 aliphatic heterocycles. The summed E-state index contributed by atoms with van der Waals surface area (Å²) in [6.45, 7) is 1.05. The molecule has 8 nitrogen and oxygen atoms in total. The summed E-state index contributed by atoms with van der Waals surface area (Å²) in [4.78, 5) is 22.3. The van der Waals surface area contributed by atoms with Gasteiger partial charge in [-0.15, -0.1) is 0 Å². The molecular formula is C22H23F3N6O2S. The minimum atomic E-state index is -4.45. The summed E-state index contributed by atoms with van der Waals surface area (Å²) in [7, 11) is 3.92. The van der Waals surface area contributed by atoms with Crippen molar-refractivity contribution in [1.82, 2.24) is 14.9 Å². The van der Waals surface area contributed by atoms with Crippen molar-refractivity contribution in [3.8, 4) is 0 Å². The number of nitrogens with zero attached hydrogens (tertiary/aromatic N) is 5. The molecule has 0 saturated carbocycles. The minimum Gasteiger partial charge on any atom is -0.378 e. The summed E-state index contributed by atoms with van der Waals surface area (Å²) in [5, 5.41) is 11.1. The fourth-order valence-corrected chi connectivity index (χ4v) is 3.93. The van der Waals surface area contributed by atoms with Crippen LogP contribution < -0.4 is 10.6 Å². The van der Waals surface area contributed by atoms with E-state index in [4.69, 9.17) is 5.73 Å². The number of thioether (sulfide) groups is 1. The fraction of sp³-hybridized carbons (Fsp3) is 0.273. The number of hydrogen-bond acceptors (Lipinski definition) is 8. The molecule has 0 bridgehead atoms. The first kappa shape index (κ1) is 25.2. The normalized spacial score (nSPS) is 11.6. The number of nitro groups is 1. The van der Waals surface area contributed by atoms with Crippen molar-refractivity contribution in [2.45, 2.75) is 30.0 Å². The van der Waals surface area contributed by atoms with Crippen LogP contribution in [0, 0.1) is 10.1 Å². The highest BCUT2D eigenvalue weighted by Gasteiger charge is 2.30. The highest BCUT2D eigenvalue weighted by Crippen LogP contribution is 2.39. The van der Waals surface area contributed by atoms with Gasteiger partial charge in [-0.2, -0.15) is 18.2 Å². The number of alkyl halides is 3. The van der Waals surface area contributed by atoms with Gasteiger partial charge >= 0.3 is 11.2 Å². The lowest BCUT2D eigenvalue weighted by Gasteiger charge is -2.24. The topological polar surface area (TPSA) is 101 Å². The lowest BCUT2D eigenvalue weighted by atomic mass is 10.1. The van der Waals surface area contributed by atoms with Gasteiger partial charge < -0.3 is 15.5 Å². The molecule has 180 valence electrons. The van der Waals surface area contributed by atoms with Gasteiger partial charge in [0.05, 0.1) is 4.92 Å². The van der Waals surface area contributed by atoms with Crippen molar-refractivity contribution in [3.63, 3.8) is 0 Å². The van der Waals surface area contributed by atoms with Gasteiger partial charge in [-0.1, -0.05) is 42.5 Å². The van der Waals surface area contributed by atoms with Gasteiger partial charge in [-0.3, -0.25) is 10.1 Å². The Hall–Kier alpha value is -3.38. The number of halogens is 3. The van der Waals surface area contributed by atoms with Gasteiger partial charge in [-0.05, 0) is 48.6 Å². The molecule has 0 saturated heterocycles. The summed E-state index contributed by atoms with van der Waals surface area (Å²) >= 11 is -0.198. The number of hydrogen-bond donors (Lipinski definition) is 1. The van der Waals surface area contributed by atoms with Gasteiger partial charge in [0.2, 0.25) is 11.8 Å². The Morgan fingerprint density at radius 3 is 2.21 bits per heavy atom. The maximum absolute atomic E-state index is 13.1. The van der Waals surface area contributed by atoms with Crippen LogP contribution in [0.2, 0.25) is 0 Å². The average Bonchev–Trinajstić information content (AvgIpc) is 2.74. The van der Waals surface area contributed by atoms with Gasteiger partial charge in [0.15, 0.2) is 0 Å². The van der Waals surface area contributed by atoms with E-state index in [2.05, 4.69) is 9.97 Å². The molecule has 1 heterocycles. The molecule has 0 radical (unpaired) electrons. The molecule has 0 atom stereocenters. The zero-order chi connectivity index (χ0) is 24.9. The van der Waals surface area contributed by atoms with E-state index < -0.39 is 16.1 Å². The second-order valence-corrected chi connectivity index (χ2v) is 8.87. The number of benzene rings is 2. The largest absolute Gasteiger partial charge is 0.446 e. The third-order valence-corrected chi connectivity index (χ3v) is 5.57. The fourth-order valence-electron chi connectivity index (χ4n) is 3.27. The van der Waals surface area contributed by atoms with Crippen LogP contribution in [0.15, 0.2) is 59.6 Å². The Bertz CT molecular complexity index is 1140. The zero-order valence-corrected chi connectivity index (χ0v) is 19.3. The summed E-state index contributed by atoms with van der Waals surface area (Å²) in [6.07, 6.45) is 1.00. The first-order chi connectivity index (χ1) is 16.0. The molecule has 2 aromatic carbocycles. The molecule has 34 heavy (non-hydrogen) atoms. The molecule has 3 rings (SSSR count). The first-order valence-corrected chi connectivity index (χ1v) is 10.9. The Balaban J connectivity index is 1.95. The molecule has 3 aromatic rings. The number of nitrogens with two attached hydrogens (primary N) is 1. The Morgan fingerprint density at radius 1 is 1.03 bits per heavy atom. The Morgan fingerprint density at radius 2 is 1.65 bits per heavy atom. The maximum atomic E-state index is 13.1. The molecule has 12 heteroatoms. The smallest absolute Gasteiger partial charge is 0.378 e. The molecule has 0 aliphatic carbocycles. The molecule has 0 unspecified atom stereocenters. The lowest BCUT2D eigenvalue weighted by Crippen LogP contribution is -2.25. The summed E-state index contributed by atoms with van der Waals surface area (Å²) < 4.78 is 39.2. The number of aromatic nitrogens is 2. The third kappa shape index (κ3) is 7.06. The van der Waals surface area contributed by atoms with Crippen molar-refractivity contribution < 1.29 is 18.1 Å². The van der Waals surface area contributed by atoms with E-state index in [1.807, 2.05) is 43.3 Å². The highest BCUT2D eigenvalue weighted by molar-refractivity contribution is 8.00. The highest BCUT2D eigenvalue weighted by atomic mass is 32.2. The minimum absolute atomic E-state index is 0.0377. The summed E-state index contributed by atoms with van der Waals surface area (Å²) in [6, 6.07) is 13.9. The van der Waals surface area contributed by atoms with E-state index in [-0.39, 0.29) is 41.5 Å². The Labute approximate surface area is 198 Å². The van der Waals surface area contributed by atoms with Gasteiger partial charge in [0.25, 0.3) is 0 Å². The van der Waals surface area contributed by atoms with Crippen LogP contribution in [-0.2, 0) is 19.6 Å². The van der Waals surface area contributed by atoms with Crippen LogP contribution in [0.25, 0.3) is 0 Å². The lowest BCUT2D eigenvalue weighted by molar-refractivity contribution is -0.384. The van der Waals surface area contributed by atoms with Crippen LogP contribution in [0.1, 0.15) is 16.7 Å². The van der Waals surface area contributed by atoms with E-state index >= 15 is 0 Å². The van der Waals surface area contributed by atoms with Crippen molar-refractivity contribution in [2.24, 2.45) is 0 Å². The van der Waals surface area contributed by atoms with E-state index in [0.717, 1.165) is 23.9 Å². The molecule has 0 amide bonds. The SMILES string of the molecule is CN(C)Cc1ccc(CN(Cc2ccccc2SC(F)(F)F)c2ncc([N+](=O)[O-])c(N)n2)cc1. The van der Waals surface area contributed by atoms with Crippen molar-refractivity contribution in [2.75, 3.05) is 24.7 Å². The van der Waals surface area contributed by atoms with Crippen LogP contribution in [0.3, 0.4) is 0 Å². The van der Waals surface area contributed by atoms with Crippen molar-refractivity contribution >= 4 is 29.2 Å². The van der Waals surface area contributed by atoms with E-state index in [1.165, 1.54) is 12.1 Å². The second kappa shape index (κ2) is 10.7. The second-order valence-electron chi connectivity index (χ2n) is 7.76. The molecule has 0 fully saturated rings. The van der Waals surface area contributed by atoms with Crippen molar-refractivity contribution in [3.05, 3.63) is 81.5 Å². The zero-order valence-electron chi connectivity index (χ0n) is 18.5. The van der Waals surface area contributed by atoms with Crippen LogP contribution in [0.4, 0.5) is 30.6 Å². The first-order valence-electron chi connectivity index (χ1n) is 10.1. The van der Waals surface area contributed by atoms with Crippen LogP contribution >= 0.6 is 11.8 Å². The molecule has 0 aliphatic rings. The Kier molecular flexibility index (Phi) is 7.94. The number of nitrogen functional groups attached to an aromatic ring is 1. The number of rotatable bonds is 9.